The van der Waals surface area contributed by atoms with Crippen molar-refractivity contribution in [2.24, 2.45) is 23.7 Å². The molecule has 0 fully saturated rings. The van der Waals surface area contributed by atoms with Gasteiger partial charge < -0.3 is 0 Å². The first-order valence-corrected chi connectivity index (χ1v) is 15.3. The second-order valence-corrected chi connectivity index (χ2v) is 15.9. The van der Waals surface area contributed by atoms with E-state index >= 15 is 0 Å². The van der Waals surface area contributed by atoms with Gasteiger partial charge in [-0.25, -0.2) is 0 Å². The van der Waals surface area contributed by atoms with Crippen molar-refractivity contribution in [2.45, 2.75) is 128 Å². The molecule has 0 nitrogen and oxygen atoms in total. The number of hydrogen-bond acceptors (Lipinski definition) is 0. The van der Waals surface area contributed by atoms with E-state index in [4.69, 9.17) is 0 Å². The van der Waals surface area contributed by atoms with E-state index in [2.05, 4.69) is 55.4 Å². The first kappa shape index (κ1) is 29.3. The van der Waals surface area contributed by atoms with Crippen molar-refractivity contribution in [2.75, 3.05) is 0 Å². The molecule has 0 saturated carbocycles. The molecular weight excluding hydrogens is 322 g/mol. The summed E-state index contributed by atoms with van der Waals surface area (Å²) in [6, 6.07) is 0. The first-order valence-electron chi connectivity index (χ1n) is 12.0. The molecule has 152 valence electrons. The Bertz CT molecular complexity index is 243. The average Bonchev–Trinajstić information content (AvgIpc) is 2.65. The van der Waals surface area contributed by atoms with E-state index in [1.165, 1.54) is 51.4 Å². The average molecular weight is 375 g/mol. The zero-order valence-corrected chi connectivity index (χ0v) is 21.5. The minimum absolute atomic E-state index is 0. The van der Waals surface area contributed by atoms with E-state index in [9.17, 15) is 0 Å². The zero-order valence-electron chi connectivity index (χ0n) is 20.4. The smallest absolute Gasteiger partial charge is 0.191 e. The summed E-state index contributed by atoms with van der Waals surface area (Å²) in [4.78, 5) is 0. The van der Waals surface area contributed by atoms with Crippen molar-refractivity contribution < 1.29 is 18.9 Å². The van der Waals surface area contributed by atoms with Crippen molar-refractivity contribution >= 4 is 13.1 Å². The molecule has 0 saturated heterocycles. The van der Waals surface area contributed by atoms with Gasteiger partial charge in [-0.15, -0.1) is 0 Å². The Labute approximate surface area is 182 Å². The number of rotatable bonds is 16. The summed E-state index contributed by atoms with van der Waals surface area (Å²) in [6.45, 7) is 19.5. The van der Waals surface area contributed by atoms with Gasteiger partial charge in [-0.2, -0.15) is 21.1 Å². The quantitative estimate of drug-likeness (QED) is 0.283. The van der Waals surface area contributed by atoms with E-state index in [1.54, 1.807) is 21.1 Å². The molecule has 0 aromatic rings. The Morgan fingerprint density at radius 2 is 0.654 bits per heavy atom. The molecule has 0 rings (SSSR count). The molecule has 0 aliphatic rings. The minimum Gasteiger partial charge on any atom is -0.191 e. The van der Waals surface area contributed by atoms with Crippen LogP contribution in [0.15, 0.2) is 0 Å². The monoisotopic (exact) mass is 374 g/mol. The van der Waals surface area contributed by atoms with Crippen LogP contribution in [0.1, 0.15) is 107 Å². The van der Waals surface area contributed by atoms with Gasteiger partial charge in [-0.3, -0.25) is 0 Å². The van der Waals surface area contributed by atoms with E-state index in [1.807, 2.05) is 0 Å². The SMILES string of the molecule is CCC(C)C[CH2][Al-]([CH2]CC(C)CC)([CH2]CC(C)CC)[CH2]CC(C)CC.[Li+]. The van der Waals surface area contributed by atoms with Crippen LogP contribution in [0.4, 0.5) is 0 Å². The summed E-state index contributed by atoms with van der Waals surface area (Å²) in [5.41, 5.74) is 0. The standard InChI is InChI=1S/4C6H13.Al.Li/c4*1-4-6(3)5-2;;/h4*6H,1,4-5H2,2-3H3;;/q;;;;-1;+1. The predicted molar refractivity (Wildman–Crippen MR) is 121 cm³/mol. The second-order valence-electron chi connectivity index (χ2n) is 10.1. The van der Waals surface area contributed by atoms with Gasteiger partial charge in [0.25, 0.3) is 0 Å². The zero-order chi connectivity index (χ0) is 19.3. The van der Waals surface area contributed by atoms with Crippen LogP contribution < -0.4 is 18.9 Å². The molecule has 0 aliphatic heterocycles. The molecule has 0 aliphatic carbocycles. The van der Waals surface area contributed by atoms with Gasteiger partial charge in [-0.1, -0.05) is 107 Å². The maximum Gasteiger partial charge on any atom is 1.00 e. The van der Waals surface area contributed by atoms with E-state index in [-0.39, 0.29) is 18.9 Å². The van der Waals surface area contributed by atoms with Crippen molar-refractivity contribution in [1.82, 2.24) is 0 Å². The molecule has 0 N–H and O–H groups in total. The number of hydrogen-bond donors (Lipinski definition) is 0. The molecule has 0 bridgehead atoms. The second kappa shape index (κ2) is 17.0. The Hall–Kier alpha value is 1.13. The molecule has 0 spiro atoms. The molecule has 0 aromatic carbocycles. The van der Waals surface area contributed by atoms with Crippen molar-refractivity contribution in [3.8, 4) is 0 Å². The van der Waals surface area contributed by atoms with Gasteiger partial charge in [0.05, 0.1) is 0 Å². The first-order chi connectivity index (χ1) is 11.8. The molecule has 0 heterocycles. The van der Waals surface area contributed by atoms with Gasteiger partial charge in [-0.05, 0) is 23.7 Å². The topological polar surface area (TPSA) is 0 Å². The maximum atomic E-state index is 2.49. The molecular formula is C24H52AlLi. The molecule has 4 atom stereocenters. The Morgan fingerprint density at radius 3 is 0.808 bits per heavy atom. The molecule has 26 heavy (non-hydrogen) atoms. The maximum absolute atomic E-state index is 2.49. The van der Waals surface area contributed by atoms with Crippen LogP contribution in [0, 0.1) is 23.7 Å². The summed E-state index contributed by atoms with van der Waals surface area (Å²) in [5, 5.41) is 6.58. The molecule has 4 unspecified atom stereocenters. The van der Waals surface area contributed by atoms with Gasteiger partial charge in [0, 0.05) is 0 Å². The van der Waals surface area contributed by atoms with Crippen LogP contribution in [0.25, 0.3) is 0 Å². The van der Waals surface area contributed by atoms with Crippen LogP contribution in [0.3, 0.4) is 0 Å². The Balaban J connectivity index is 0. The third kappa shape index (κ3) is 13.3. The third-order valence-electron chi connectivity index (χ3n) is 7.88. The normalized spacial score (nSPS) is 18.5. The van der Waals surface area contributed by atoms with E-state index < -0.39 is 13.1 Å². The van der Waals surface area contributed by atoms with E-state index in [0.29, 0.717) is 0 Å². The molecule has 0 amide bonds. The third-order valence-corrected chi connectivity index (χ3v) is 14.1. The summed E-state index contributed by atoms with van der Waals surface area (Å²) < 4.78 is 0. The Morgan fingerprint density at radius 1 is 0.462 bits per heavy atom. The van der Waals surface area contributed by atoms with Gasteiger partial charge in [0.1, 0.15) is 13.1 Å². The molecule has 2 heteroatoms. The Kier molecular flexibility index (Phi) is 19.2. The van der Waals surface area contributed by atoms with Crippen LogP contribution in [-0.2, 0) is 0 Å². The predicted octanol–water partition coefficient (Wildman–Crippen LogP) is 6.18. The van der Waals surface area contributed by atoms with Crippen molar-refractivity contribution in [1.29, 1.82) is 0 Å². The van der Waals surface area contributed by atoms with Gasteiger partial charge in [0.2, 0.25) is 0 Å². The van der Waals surface area contributed by atoms with Crippen molar-refractivity contribution in [3.63, 3.8) is 0 Å². The fraction of sp³-hybridized carbons (Fsp3) is 1.00. The van der Waals surface area contributed by atoms with Gasteiger partial charge >= 0.3 is 18.9 Å². The fourth-order valence-electron chi connectivity index (χ4n) is 4.23. The summed E-state index contributed by atoms with van der Waals surface area (Å²) in [6.07, 6.45) is 11.6. The molecule has 0 radical (unpaired) electrons. The molecule has 0 aromatic heterocycles. The fourth-order valence-corrected chi connectivity index (χ4v) is 11.1. The summed E-state index contributed by atoms with van der Waals surface area (Å²) in [7, 11) is 0. The summed E-state index contributed by atoms with van der Waals surface area (Å²) >= 11 is -1.46. The largest absolute Gasteiger partial charge is 1.00 e. The van der Waals surface area contributed by atoms with Gasteiger partial charge in [0.15, 0.2) is 0 Å². The van der Waals surface area contributed by atoms with E-state index in [0.717, 1.165) is 23.7 Å². The van der Waals surface area contributed by atoms with Crippen LogP contribution in [-0.4, -0.2) is 13.1 Å². The minimum atomic E-state index is -1.46. The van der Waals surface area contributed by atoms with Crippen LogP contribution in [0.2, 0.25) is 21.1 Å². The summed E-state index contributed by atoms with van der Waals surface area (Å²) in [5.74, 6) is 3.76. The van der Waals surface area contributed by atoms with Crippen LogP contribution >= 0.6 is 0 Å². The van der Waals surface area contributed by atoms with Crippen molar-refractivity contribution in [3.05, 3.63) is 0 Å². The van der Waals surface area contributed by atoms with Crippen LogP contribution in [0.5, 0.6) is 0 Å².